The van der Waals surface area contributed by atoms with Crippen LogP contribution < -0.4 is 14.8 Å². The zero-order valence-electron chi connectivity index (χ0n) is 10.8. The maximum Gasteiger partial charge on any atom is 0.228 e. The van der Waals surface area contributed by atoms with Crippen molar-refractivity contribution in [3.8, 4) is 11.5 Å². The van der Waals surface area contributed by atoms with Crippen LogP contribution in [-0.2, 0) is 11.2 Å². The van der Waals surface area contributed by atoms with Gasteiger partial charge in [-0.2, -0.15) is 0 Å². The number of nitrogens with zero attached hydrogens (tertiary/aromatic N) is 1. The molecule has 1 aliphatic rings. The Labute approximate surface area is 116 Å². The molecule has 0 aliphatic carbocycles. The Bertz CT molecular complexity index is 614. The van der Waals surface area contributed by atoms with Gasteiger partial charge in [0.15, 0.2) is 11.5 Å². The van der Waals surface area contributed by atoms with Crippen molar-refractivity contribution in [2.24, 2.45) is 0 Å². The highest BCUT2D eigenvalue weighted by molar-refractivity contribution is 5.92. The van der Waals surface area contributed by atoms with Crippen LogP contribution >= 0.6 is 0 Å². The number of amides is 1. The Morgan fingerprint density at radius 3 is 2.85 bits per heavy atom. The summed E-state index contributed by atoms with van der Waals surface area (Å²) in [6.45, 7) is 1.10. The number of carbonyl (C=O) groups is 1. The molecule has 0 unspecified atom stereocenters. The number of nitrogens with one attached hydrogen (secondary N) is 1. The minimum Gasteiger partial charge on any atom is -0.486 e. The van der Waals surface area contributed by atoms with Gasteiger partial charge < -0.3 is 14.8 Å². The zero-order valence-corrected chi connectivity index (χ0v) is 10.8. The molecule has 1 aliphatic heterocycles. The van der Waals surface area contributed by atoms with Crippen LogP contribution in [0.1, 0.15) is 5.56 Å². The summed E-state index contributed by atoms with van der Waals surface area (Å²) in [5, 5.41) is 2.80. The summed E-state index contributed by atoms with van der Waals surface area (Å²) in [7, 11) is 0. The molecule has 5 nitrogen and oxygen atoms in total. The number of aromatic nitrogens is 1. The fraction of sp³-hybridized carbons (Fsp3) is 0.200. The Morgan fingerprint density at radius 1 is 1.20 bits per heavy atom. The third kappa shape index (κ3) is 2.88. The molecule has 3 rings (SSSR count). The summed E-state index contributed by atoms with van der Waals surface area (Å²) in [6.07, 6.45) is 3.56. The molecule has 0 spiro atoms. The predicted octanol–water partition coefficient (Wildman–Crippen LogP) is 2.03. The van der Waals surface area contributed by atoms with Crippen LogP contribution in [0.2, 0.25) is 0 Å². The fourth-order valence-electron chi connectivity index (χ4n) is 2.03. The van der Waals surface area contributed by atoms with Crippen molar-refractivity contribution in [1.29, 1.82) is 0 Å². The lowest BCUT2D eigenvalue weighted by Crippen LogP contribution is -2.17. The molecule has 0 radical (unpaired) electrons. The molecule has 0 saturated carbocycles. The smallest absolute Gasteiger partial charge is 0.228 e. The SMILES string of the molecule is O=C(Cc1ccc2c(c1)OCCO2)Nc1cccnc1. The molecule has 102 valence electrons. The van der Waals surface area contributed by atoms with Crippen molar-refractivity contribution in [2.45, 2.75) is 6.42 Å². The summed E-state index contributed by atoms with van der Waals surface area (Å²) in [6, 6.07) is 9.13. The molecule has 0 bridgehead atoms. The quantitative estimate of drug-likeness (QED) is 0.927. The van der Waals surface area contributed by atoms with E-state index >= 15 is 0 Å². The van der Waals surface area contributed by atoms with Gasteiger partial charge in [0.05, 0.1) is 18.3 Å². The molecule has 1 amide bonds. The maximum absolute atomic E-state index is 11.9. The van der Waals surface area contributed by atoms with E-state index < -0.39 is 0 Å². The zero-order chi connectivity index (χ0) is 13.8. The van der Waals surface area contributed by atoms with Crippen LogP contribution in [0.3, 0.4) is 0 Å². The Morgan fingerprint density at radius 2 is 2.05 bits per heavy atom. The second-order valence-corrected chi connectivity index (χ2v) is 4.44. The van der Waals surface area contributed by atoms with Crippen molar-refractivity contribution in [3.05, 3.63) is 48.3 Å². The first kappa shape index (κ1) is 12.5. The monoisotopic (exact) mass is 270 g/mol. The topological polar surface area (TPSA) is 60.5 Å². The van der Waals surface area contributed by atoms with E-state index in [4.69, 9.17) is 9.47 Å². The summed E-state index contributed by atoms with van der Waals surface area (Å²) in [5.74, 6) is 1.34. The van der Waals surface area contributed by atoms with E-state index in [1.807, 2.05) is 18.2 Å². The highest BCUT2D eigenvalue weighted by atomic mass is 16.6. The number of hydrogen-bond donors (Lipinski definition) is 1. The Balaban J connectivity index is 1.67. The maximum atomic E-state index is 11.9. The average molecular weight is 270 g/mol. The Kier molecular flexibility index (Phi) is 3.50. The van der Waals surface area contributed by atoms with Gasteiger partial charge in [0.2, 0.25) is 5.91 Å². The van der Waals surface area contributed by atoms with Crippen molar-refractivity contribution in [3.63, 3.8) is 0 Å². The molecule has 20 heavy (non-hydrogen) atoms. The van der Waals surface area contributed by atoms with E-state index in [9.17, 15) is 4.79 Å². The van der Waals surface area contributed by atoms with E-state index in [2.05, 4.69) is 10.3 Å². The normalized spacial score (nSPS) is 12.8. The van der Waals surface area contributed by atoms with E-state index in [-0.39, 0.29) is 12.3 Å². The van der Waals surface area contributed by atoms with Crippen molar-refractivity contribution in [1.82, 2.24) is 4.98 Å². The third-order valence-corrected chi connectivity index (χ3v) is 2.92. The van der Waals surface area contributed by atoms with E-state index in [0.717, 1.165) is 11.3 Å². The average Bonchev–Trinajstić information content (AvgIpc) is 2.48. The number of hydrogen-bond acceptors (Lipinski definition) is 4. The molecule has 2 aromatic rings. The van der Waals surface area contributed by atoms with Gasteiger partial charge in [0.1, 0.15) is 13.2 Å². The molecule has 2 heterocycles. The van der Waals surface area contributed by atoms with Gasteiger partial charge in [-0.05, 0) is 29.8 Å². The molecule has 1 aromatic carbocycles. The summed E-state index contributed by atoms with van der Waals surface area (Å²) in [4.78, 5) is 15.9. The number of anilines is 1. The third-order valence-electron chi connectivity index (χ3n) is 2.92. The lowest BCUT2D eigenvalue weighted by Gasteiger charge is -2.18. The lowest BCUT2D eigenvalue weighted by atomic mass is 10.1. The first-order chi connectivity index (χ1) is 9.81. The van der Waals surface area contributed by atoms with Crippen LogP contribution in [0, 0.1) is 0 Å². The molecular formula is C15H14N2O3. The first-order valence-electron chi connectivity index (χ1n) is 6.40. The van der Waals surface area contributed by atoms with Gasteiger partial charge >= 0.3 is 0 Å². The van der Waals surface area contributed by atoms with Gasteiger partial charge in [-0.1, -0.05) is 6.07 Å². The van der Waals surface area contributed by atoms with Gasteiger partial charge in [-0.15, -0.1) is 0 Å². The van der Waals surface area contributed by atoms with Crippen molar-refractivity contribution < 1.29 is 14.3 Å². The second-order valence-electron chi connectivity index (χ2n) is 4.44. The number of benzene rings is 1. The minimum absolute atomic E-state index is 0.0883. The minimum atomic E-state index is -0.0883. The van der Waals surface area contributed by atoms with Crippen LogP contribution in [-0.4, -0.2) is 24.1 Å². The number of rotatable bonds is 3. The molecule has 0 fully saturated rings. The highest BCUT2D eigenvalue weighted by Crippen LogP contribution is 2.30. The van der Waals surface area contributed by atoms with Gasteiger partial charge in [-0.3, -0.25) is 9.78 Å². The van der Waals surface area contributed by atoms with E-state index in [1.165, 1.54) is 0 Å². The number of fused-ring (bicyclic) bond motifs is 1. The largest absolute Gasteiger partial charge is 0.486 e. The highest BCUT2D eigenvalue weighted by Gasteiger charge is 2.13. The lowest BCUT2D eigenvalue weighted by molar-refractivity contribution is -0.115. The van der Waals surface area contributed by atoms with Gasteiger partial charge in [-0.25, -0.2) is 0 Å². The molecule has 0 saturated heterocycles. The van der Waals surface area contributed by atoms with Crippen LogP contribution in [0.15, 0.2) is 42.7 Å². The molecule has 1 N–H and O–H groups in total. The van der Waals surface area contributed by atoms with Crippen LogP contribution in [0.25, 0.3) is 0 Å². The molecular weight excluding hydrogens is 256 g/mol. The summed E-state index contributed by atoms with van der Waals surface area (Å²) >= 11 is 0. The van der Waals surface area contributed by atoms with E-state index in [1.54, 1.807) is 24.5 Å². The Hall–Kier alpha value is -2.56. The van der Waals surface area contributed by atoms with Gasteiger partial charge in [0, 0.05) is 6.20 Å². The van der Waals surface area contributed by atoms with E-state index in [0.29, 0.717) is 24.7 Å². The fourth-order valence-corrected chi connectivity index (χ4v) is 2.03. The van der Waals surface area contributed by atoms with Crippen LogP contribution in [0.4, 0.5) is 5.69 Å². The molecule has 0 atom stereocenters. The standard InChI is InChI=1S/C15H14N2O3/c18-15(17-12-2-1-5-16-10-12)9-11-3-4-13-14(8-11)20-7-6-19-13/h1-5,8,10H,6-7,9H2,(H,17,18). The number of ether oxygens (including phenoxy) is 2. The predicted molar refractivity (Wildman–Crippen MR) is 74.0 cm³/mol. The van der Waals surface area contributed by atoms with Crippen molar-refractivity contribution in [2.75, 3.05) is 18.5 Å². The first-order valence-corrected chi connectivity index (χ1v) is 6.40. The van der Waals surface area contributed by atoms with Crippen LogP contribution in [0.5, 0.6) is 11.5 Å². The summed E-state index contributed by atoms with van der Waals surface area (Å²) < 4.78 is 10.9. The van der Waals surface area contributed by atoms with Gasteiger partial charge in [0.25, 0.3) is 0 Å². The second kappa shape index (κ2) is 5.61. The molecule has 5 heteroatoms. The number of carbonyl (C=O) groups excluding carboxylic acids is 1. The van der Waals surface area contributed by atoms with Crippen molar-refractivity contribution >= 4 is 11.6 Å². The molecule has 1 aromatic heterocycles. The number of pyridine rings is 1. The summed E-state index contributed by atoms with van der Waals surface area (Å²) in [5.41, 5.74) is 1.57.